The van der Waals surface area contributed by atoms with Gasteiger partial charge in [-0.15, -0.1) is 0 Å². The molecule has 1 saturated heterocycles. The molecule has 2 aliphatic rings. The van der Waals surface area contributed by atoms with Crippen LogP contribution in [0.3, 0.4) is 0 Å². The molecule has 4 atom stereocenters. The molecule has 118 valence electrons. The molecule has 1 N–H and O–H groups in total. The van der Waals surface area contributed by atoms with E-state index in [1.165, 1.54) is 64.5 Å². The van der Waals surface area contributed by atoms with Crippen molar-refractivity contribution in [3.63, 3.8) is 0 Å². The minimum Gasteiger partial charge on any atom is -0.314 e. The lowest BCUT2D eigenvalue weighted by Crippen LogP contribution is -2.49. The number of rotatable bonds is 6. The normalized spacial score (nSPS) is 36.1. The van der Waals surface area contributed by atoms with Gasteiger partial charge < -0.3 is 10.2 Å². The molecule has 4 unspecified atom stereocenters. The van der Waals surface area contributed by atoms with Gasteiger partial charge in [0.1, 0.15) is 0 Å². The quantitative estimate of drug-likeness (QED) is 0.789. The Morgan fingerprint density at radius 1 is 1.00 bits per heavy atom. The molecule has 2 nitrogen and oxygen atoms in total. The number of nitrogens with zero attached hydrogens (tertiary/aromatic N) is 1. The van der Waals surface area contributed by atoms with Gasteiger partial charge in [0.15, 0.2) is 0 Å². The number of nitrogens with one attached hydrogen (secondary N) is 1. The molecule has 2 rings (SSSR count). The highest BCUT2D eigenvalue weighted by Crippen LogP contribution is 2.33. The van der Waals surface area contributed by atoms with Crippen molar-refractivity contribution < 1.29 is 0 Å². The summed E-state index contributed by atoms with van der Waals surface area (Å²) >= 11 is 0. The van der Waals surface area contributed by atoms with E-state index < -0.39 is 0 Å². The molecule has 20 heavy (non-hydrogen) atoms. The monoisotopic (exact) mass is 280 g/mol. The largest absolute Gasteiger partial charge is 0.314 e. The highest BCUT2D eigenvalue weighted by molar-refractivity contribution is 4.88. The Kier molecular flexibility index (Phi) is 6.83. The summed E-state index contributed by atoms with van der Waals surface area (Å²) in [6.45, 7) is 10.9. The number of piperidine rings is 1. The van der Waals surface area contributed by atoms with Crippen molar-refractivity contribution in [3.8, 4) is 0 Å². The van der Waals surface area contributed by atoms with Gasteiger partial charge in [-0.3, -0.25) is 0 Å². The SMILES string of the molecule is CCNC1CCC(CC)CC1CN1CCCCC1CC. The van der Waals surface area contributed by atoms with E-state index in [0.29, 0.717) is 0 Å². The van der Waals surface area contributed by atoms with Gasteiger partial charge in [-0.1, -0.05) is 33.6 Å². The van der Waals surface area contributed by atoms with Crippen LogP contribution in [0.5, 0.6) is 0 Å². The summed E-state index contributed by atoms with van der Waals surface area (Å²) in [5.74, 6) is 1.88. The minimum atomic E-state index is 0.780. The molecule has 0 bridgehead atoms. The van der Waals surface area contributed by atoms with E-state index in [0.717, 1.165) is 30.5 Å². The minimum absolute atomic E-state index is 0.780. The molecular weight excluding hydrogens is 244 g/mol. The lowest BCUT2D eigenvalue weighted by atomic mass is 9.76. The summed E-state index contributed by atoms with van der Waals surface area (Å²) in [7, 11) is 0. The molecule has 1 aliphatic carbocycles. The third-order valence-corrected chi connectivity index (χ3v) is 5.82. The molecule has 2 fully saturated rings. The lowest BCUT2D eigenvalue weighted by Gasteiger charge is -2.43. The molecule has 0 aromatic carbocycles. The average molecular weight is 280 g/mol. The van der Waals surface area contributed by atoms with E-state index >= 15 is 0 Å². The second-order valence-corrected chi connectivity index (χ2v) is 7.06. The van der Waals surface area contributed by atoms with Crippen LogP contribution in [0.1, 0.15) is 72.1 Å². The van der Waals surface area contributed by atoms with Crippen molar-refractivity contribution >= 4 is 0 Å². The molecule has 0 aromatic heterocycles. The van der Waals surface area contributed by atoms with Crippen LogP contribution in [-0.2, 0) is 0 Å². The molecule has 0 radical (unpaired) electrons. The Labute approximate surface area is 126 Å². The maximum absolute atomic E-state index is 3.77. The molecule has 0 spiro atoms. The topological polar surface area (TPSA) is 15.3 Å². The third-order valence-electron chi connectivity index (χ3n) is 5.82. The molecule has 1 heterocycles. The van der Waals surface area contributed by atoms with E-state index in [1.54, 1.807) is 0 Å². The predicted octanol–water partition coefficient (Wildman–Crippen LogP) is 4.06. The summed E-state index contributed by atoms with van der Waals surface area (Å²) in [5.41, 5.74) is 0. The number of hydrogen-bond acceptors (Lipinski definition) is 2. The van der Waals surface area contributed by atoms with Crippen molar-refractivity contribution in [1.82, 2.24) is 10.2 Å². The van der Waals surface area contributed by atoms with Crippen LogP contribution < -0.4 is 5.32 Å². The summed E-state index contributed by atoms with van der Waals surface area (Å²) < 4.78 is 0. The maximum Gasteiger partial charge on any atom is 0.0108 e. The molecule has 1 saturated carbocycles. The first-order valence-corrected chi connectivity index (χ1v) is 9.25. The van der Waals surface area contributed by atoms with Crippen molar-refractivity contribution in [3.05, 3.63) is 0 Å². The van der Waals surface area contributed by atoms with Crippen LogP contribution >= 0.6 is 0 Å². The first kappa shape index (κ1) is 16.3. The van der Waals surface area contributed by atoms with Crippen molar-refractivity contribution in [1.29, 1.82) is 0 Å². The zero-order valence-electron chi connectivity index (χ0n) is 14.0. The van der Waals surface area contributed by atoms with Gasteiger partial charge in [-0.05, 0) is 63.5 Å². The van der Waals surface area contributed by atoms with Crippen molar-refractivity contribution in [2.45, 2.75) is 84.2 Å². The van der Waals surface area contributed by atoms with Gasteiger partial charge in [0.25, 0.3) is 0 Å². The van der Waals surface area contributed by atoms with E-state index in [-0.39, 0.29) is 0 Å². The van der Waals surface area contributed by atoms with Crippen molar-refractivity contribution in [2.24, 2.45) is 11.8 Å². The van der Waals surface area contributed by atoms with Gasteiger partial charge in [0, 0.05) is 18.6 Å². The van der Waals surface area contributed by atoms with Crippen LogP contribution in [0.4, 0.5) is 0 Å². The first-order valence-electron chi connectivity index (χ1n) is 9.25. The Hall–Kier alpha value is -0.0800. The molecular formula is C18H36N2. The first-order chi connectivity index (χ1) is 9.78. The van der Waals surface area contributed by atoms with Crippen LogP contribution in [-0.4, -0.2) is 36.6 Å². The zero-order valence-corrected chi connectivity index (χ0v) is 14.0. The van der Waals surface area contributed by atoms with Gasteiger partial charge in [0.05, 0.1) is 0 Å². The maximum atomic E-state index is 3.77. The van der Waals surface area contributed by atoms with Gasteiger partial charge in [-0.25, -0.2) is 0 Å². The molecule has 0 amide bonds. The van der Waals surface area contributed by atoms with Gasteiger partial charge >= 0.3 is 0 Å². The molecule has 1 aliphatic heterocycles. The second-order valence-electron chi connectivity index (χ2n) is 7.06. The van der Waals surface area contributed by atoms with Gasteiger partial charge in [-0.2, -0.15) is 0 Å². The van der Waals surface area contributed by atoms with Crippen LogP contribution in [0, 0.1) is 11.8 Å². The second kappa shape index (κ2) is 8.38. The summed E-state index contributed by atoms with van der Waals surface area (Å²) in [5, 5.41) is 3.77. The average Bonchev–Trinajstić information content (AvgIpc) is 2.49. The fraction of sp³-hybridized carbons (Fsp3) is 1.00. The standard InChI is InChI=1S/C18H36N2/c1-4-15-10-11-18(19-6-3)16(13-15)14-20-12-8-7-9-17(20)5-2/h15-19H,4-14H2,1-3H3. The van der Waals surface area contributed by atoms with E-state index in [2.05, 4.69) is 31.0 Å². The fourth-order valence-corrected chi connectivity index (χ4v) is 4.53. The van der Waals surface area contributed by atoms with E-state index in [9.17, 15) is 0 Å². The summed E-state index contributed by atoms with van der Waals surface area (Å²) in [4.78, 5) is 2.83. The Balaban J connectivity index is 1.94. The smallest absolute Gasteiger partial charge is 0.0108 e. The van der Waals surface area contributed by atoms with E-state index in [1.807, 2.05) is 0 Å². The zero-order chi connectivity index (χ0) is 14.4. The van der Waals surface area contributed by atoms with Crippen LogP contribution in [0.25, 0.3) is 0 Å². The summed E-state index contributed by atoms with van der Waals surface area (Å²) in [6.07, 6.45) is 11.3. The molecule has 2 heteroatoms. The summed E-state index contributed by atoms with van der Waals surface area (Å²) in [6, 6.07) is 1.65. The van der Waals surface area contributed by atoms with Crippen LogP contribution in [0.2, 0.25) is 0 Å². The molecule has 0 aromatic rings. The van der Waals surface area contributed by atoms with E-state index in [4.69, 9.17) is 0 Å². The third kappa shape index (κ3) is 4.21. The van der Waals surface area contributed by atoms with Crippen molar-refractivity contribution in [2.75, 3.05) is 19.6 Å². The highest BCUT2D eigenvalue weighted by Gasteiger charge is 2.32. The number of likely N-dealkylation sites (tertiary alicyclic amines) is 1. The highest BCUT2D eigenvalue weighted by atomic mass is 15.2. The number of hydrogen-bond donors (Lipinski definition) is 1. The Bertz CT molecular complexity index is 266. The fourth-order valence-electron chi connectivity index (χ4n) is 4.53. The Morgan fingerprint density at radius 3 is 2.55 bits per heavy atom. The van der Waals surface area contributed by atoms with Crippen LogP contribution in [0.15, 0.2) is 0 Å². The Morgan fingerprint density at radius 2 is 1.85 bits per heavy atom. The predicted molar refractivity (Wildman–Crippen MR) is 88.1 cm³/mol. The van der Waals surface area contributed by atoms with Gasteiger partial charge in [0.2, 0.25) is 0 Å². The lowest BCUT2D eigenvalue weighted by molar-refractivity contribution is 0.0839.